The van der Waals surface area contributed by atoms with Gasteiger partial charge in [0.2, 0.25) is 0 Å². The van der Waals surface area contributed by atoms with Crippen LogP contribution in [-0.4, -0.2) is 89.3 Å². The smallest absolute Gasteiger partial charge is 0.478 e. The number of nitrogens with zero attached hydrogens (tertiary/aromatic N) is 1. The molecule has 1 amide bonds. The lowest BCUT2D eigenvalue weighted by atomic mass is 9.97. The van der Waals surface area contributed by atoms with E-state index >= 15 is 0 Å². The molecular weight excluding hydrogens is 509 g/mol. The fourth-order valence-electron chi connectivity index (χ4n) is 4.39. The van der Waals surface area contributed by atoms with Crippen molar-refractivity contribution >= 4 is 31.0 Å². The second-order valence-electron chi connectivity index (χ2n) is 9.56. The van der Waals surface area contributed by atoms with Gasteiger partial charge in [0.25, 0.3) is 11.6 Å². The third kappa shape index (κ3) is 5.84. The van der Waals surface area contributed by atoms with Gasteiger partial charge in [-0.2, -0.15) is 0 Å². The Morgan fingerprint density at radius 2 is 1.86 bits per heavy atom. The Morgan fingerprint density at radius 1 is 1.22 bits per heavy atom. The number of carbonyl (C=O) groups excluding carboxylic acids is 1. The molecule has 2 unspecified atom stereocenters. The molecule has 2 heterocycles. The molecule has 37 heavy (non-hydrogen) atoms. The molecule has 14 heteroatoms. The average Bonchev–Trinajstić information content (AvgIpc) is 3.22. The summed E-state index contributed by atoms with van der Waals surface area (Å²) < 4.78 is 23.9. The fraction of sp³-hybridized carbons (Fsp3) is 0.565. The molecule has 1 aromatic heterocycles. The molecule has 8 atom stereocenters. The first-order chi connectivity index (χ1) is 17.3. The van der Waals surface area contributed by atoms with Crippen LogP contribution in [0.5, 0.6) is 0 Å². The standard InChI is InChI=1S/C23H32N3O10P/c1-11(2)8-15(24)20(30)26(37(33)34)23(22(31)32,9-13-10-25-16-7-5-4-6-14(13)16)36-21-19(29)18(28)17(27)12(3)35-21/h4-7,10-12,15,17-19,21,25,27-29H,8-9,24H2,1-3H3,(H-,31,32,33,34)/p+1/t12-,15+,17-,18+,19+,21?,23-/m1/s1. The predicted octanol–water partition coefficient (Wildman–Crippen LogP) is 0.187. The van der Waals surface area contributed by atoms with Crippen LogP contribution in [0.4, 0.5) is 0 Å². The van der Waals surface area contributed by atoms with E-state index in [1.165, 1.54) is 13.1 Å². The van der Waals surface area contributed by atoms with E-state index < -0.39 is 68.9 Å². The van der Waals surface area contributed by atoms with E-state index in [4.69, 9.17) is 15.2 Å². The summed E-state index contributed by atoms with van der Waals surface area (Å²) in [5, 5.41) is 41.8. The molecule has 1 aliphatic heterocycles. The highest BCUT2D eigenvalue weighted by Crippen LogP contribution is 2.40. The number of benzene rings is 1. The number of ether oxygens (including phenoxy) is 2. The summed E-state index contributed by atoms with van der Waals surface area (Å²) in [6.07, 6.45) is -7.39. The van der Waals surface area contributed by atoms with Crippen molar-refractivity contribution in [2.45, 2.75) is 76.1 Å². The quantitative estimate of drug-likeness (QED) is 0.159. The first kappa shape index (κ1) is 29.1. The summed E-state index contributed by atoms with van der Waals surface area (Å²) in [6.45, 7) is 4.89. The molecule has 0 saturated carbocycles. The molecule has 3 rings (SSSR count). The van der Waals surface area contributed by atoms with Gasteiger partial charge in [0.15, 0.2) is 6.29 Å². The molecule has 8 N–H and O–H groups in total. The Balaban J connectivity index is 2.16. The number of carbonyl (C=O) groups is 2. The van der Waals surface area contributed by atoms with Crippen LogP contribution in [0.2, 0.25) is 0 Å². The van der Waals surface area contributed by atoms with Crippen LogP contribution in [0.1, 0.15) is 32.8 Å². The number of carboxylic acids is 1. The monoisotopic (exact) mass is 542 g/mol. The van der Waals surface area contributed by atoms with Crippen molar-refractivity contribution in [3.05, 3.63) is 36.0 Å². The molecule has 2 aromatic rings. The molecule has 1 saturated heterocycles. The third-order valence-corrected chi connectivity index (χ3v) is 7.19. The lowest BCUT2D eigenvalue weighted by Crippen LogP contribution is -2.65. The highest BCUT2D eigenvalue weighted by molar-refractivity contribution is 7.36. The summed E-state index contributed by atoms with van der Waals surface area (Å²) in [5.74, 6) is -3.12. The van der Waals surface area contributed by atoms with Crippen molar-refractivity contribution in [3.63, 3.8) is 0 Å². The second kappa shape index (κ2) is 11.5. The van der Waals surface area contributed by atoms with Crippen LogP contribution in [0.25, 0.3) is 10.9 Å². The van der Waals surface area contributed by atoms with Crippen molar-refractivity contribution in [2.75, 3.05) is 0 Å². The van der Waals surface area contributed by atoms with Crippen molar-refractivity contribution in [3.8, 4) is 0 Å². The van der Waals surface area contributed by atoms with Gasteiger partial charge >= 0.3 is 14.1 Å². The highest BCUT2D eigenvalue weighted by atomic mass is 31.1. The van der Waals surface area contributed by atoms with E-state index in [2.05, 4.69) is 4.98 Å². The Morgan fingerprint density at radius 3 is 2.46 bits per heavy atom. The maximum Gasteiger partial charge on any atom is 0.649 e. The zero-order valence-electron chi connectivity index (χ0n) is 20.6. The van der Waals surface area contributed by atoms with Gasteiger partial charge in [-0.1, -0.05) is 36.7 Å². The maximum atomic E-state index is 13.4. The van der Waals surface area contributed by atoms with Crippen molar-refractivity contribution in [1.29, 1.82) is 0 Å². The Kier molecular flexibility index (Phi) is 9.04. The minimum atomic E-state index is -3.69. The first-order valence-electron chi connectivity index (χ1n) is 11.7. The second-order valence-corrected chi connectivity index (χ2v) is 10.5. The van der Waals surface area contributed by atoms with E-state index in [0.717, 1.165) is 0 Å². The number of hydrogen-bond acceptors (Lipinski definition) is 9. The minimum Gasteiger partial charge on any atom is -0.478 e. The number of rotatable bonds is 10. The van der Waals surface area contributed by atoms with E-state index in [9.17, 15) is 39.5 Å². The molecule has 1 fully saturated rings. The van der Waals surface area contributed by atoms with Gasteiger partial charge in [0, 0.05) is 23.5 Å². The first-order valence-corrected chi connectivity index (χ1v) is 12.9. The van der Waals surface area contributed by atoms with Crippen LogP contribution in [0.15, 0.2) is 30.5 Å². The van der Waals surface area contributed by atoms with E-state index in [1.807, 2.05) is 0 Å². The Labute approximate surface area is 213 Å². The predicted molar refractivity (Wildman–Crippen MR) is 130 cm³/mol. The van der Waals surface area contributed by atoms with Crippen LogP contribution >= 0.6 is 8.18 Å². The summed E-state index contributed by atoms with van der Waals surface area (Å²) in [5.41, 5.74) is 4.03. The van der Waals surface area contributed by atoms with Crippen LogP contribution < -0.4 is 5.73 Å². The fourth-order valence-corrected chi connectivity index (χ4v) is 5.18. The number of nitrogens with two attached hydrogens (primary N) is 1. The van der Waals surface area contributed by atoms with Crippen LogP contribution in [0, 0.1) is 5.92 Å². The van der Waals surface area contributed by atoms with Gasteiger partial charge in [-0.3, -0.25) is 4.79 Å². The maximum absolute atomic E-state index is 13.4. The number of aliphatic carboxylic acids is 1. The number of para-hydroxylation sites is 1. The average molecular weight is 543 g/mol. The largest absolute Gasteiger partial charge is 0.649 e. The molecule has 0 spiro atoms. The van der Waals surface area contributed by atoms with E-state index in [-0.39, 0.29) is 17.0 Å². The normalized spacial score (nSPS) is 27.1. The molecule has 204 valence electrons. The summed E-state index contributed by atoms with van der Waals surface area (Å²) in [6, 6.07) is 5.50. The number of nitrogens with one attached hydrogen (secondary N) is 1. The number of carboxylic acid groups (broad SMARTS) is 1. The van der Waals surface area contributed by atoms with Crippen LogP contribution in [-0.2, 0) is 30.0 Å². The molecule has 1 aromatic carbocycles. The Hall–Kier alpha value is -2.48. The number of aliphatic hydroxyl groups excluding tert-OH is 3. The number of fused-ring (bicyclic) bond motifs is 1. The summed E-state index contributed by atoms with van der Waals surface area (Å²) in [4.78, 5) is 39.5. The lowest BCUT2D eigenvalue weighted by Gasteiger charge is -2.43. The van der Waals surface area contributed by atoms with Crippen molar-refractivity contribution < 1.29 is 48.9 Å². The zero-order chi connectivity index (χ0) is 27.7. The van der Waals surface area contributed by atoms with Crippen LogP contribution in [0.3, 0.4) is 0 Å². The van der Waals surface area contributed by atoms with Gasteiger partial charge < -0.3 is 40.6 Å². The Bertz CT molecular complexity index is 1140. The van der Waals surface area contributed by atoms with Gasteiger partial charge in [0.05, 0.1) is 12.1 Å². The van der Waals surface area contributed by atoms with Crippen molar-refractivity contribution in [2.24, 2.45) is 11.7 Å². The third-order valence-electron chi connectivity index (χ3n) is 6.32. The SMILES string of the molecule is CC(C)C[C@H](N)C(=O)N([P+](=O)O)[C@](Cc1c[nH]c2ccccc12)(OC1O[C@H](C)[C@@H](O)[C@H](O)[C@@H]1O)C(=O)O. The molecule has 0 bridgehead atoms. The molecule has 0 radical (unpaired) electrons. The number of aromatic amines is 1. The van der Waals surface area contributed by atoms with Gasteiger partial charge in [0.1, 0.15) is 18.3 Å². The molecule has 0 aliphatic carbocycles. The van der Waals surface area contributed by atoms with Gasteiger partial charge in [-0.25, -0.2) is 4.79 Å². The topological polar surface area (TPSA) is 216 Å². The highest BCUT2D eigenvalue weighted by Gasteiger charge is 2.62. The minimum absolute atomic E-state index is 0.0752. The summed E-state index contributed by atoms with van der Waals surface area (Å²) in [7, 11) is -3.69. The van der Waals surface area contributed by atoms with Gasteiger partial charge in [-0.05, 0) is 35.5 Å². The number of hydrogen-bond donors (Lipinski definition) is 7. The number of aliphatic hydroxyl groups is 3. The van der Waals surface area contributed by atoms with E-state index in [0.29, 0.717) is 16.5 Å². The zero-order valence-corrected chi connectivity index (χ0v) is 21.5. The molecule has 13 nitrogen and oxygen atoms in total. The number of aromatic nitrogens is 1. The summed E-state index contributed by atoms with van der Waals surface area (Å²) >= 11 is 0. The van der Waals surface area contributed by atoms with Gasteiger partial charge in [-0.15, -0.1) is 4.89 Å². The molecular formula is C23H33N3O10P+. The number of amides is 1. The number of H-pyrrole nitrogens is 1. The van der Waals surface area contributed by atoms with E-state index in [1.54, 1.807) is 38.1 Å². The lowest BCUT2D eigenvalue weighted by molar-refractivity contribution is -0.329. The van der Waals surface area contributed by atoms with Crippen molar-refractivity contribution in [1.82, 2.24) is 9.65 Å². The molecule has 1 aliphatic rings.